The van der Waals surface area contributed by atoms with Gasteiger partial charge in [-0.1, -0.05) is 53.5 Å². The van der Waals surface area contributed by atoms with Crippen molar-refractivity contribution in [3.63, 3.8) is 0 Å². The number of rotatable bonds is 5. The predicted molar refractivity (Wildman–Crippen MR) is 128 cm³/mol. The Morgan fingerprint density at radius 3 is 2.44 bits per heavy atom. The monoisotopic (exact) mass is 498 g/mol. The minimum absolute atomic E-state index is 0.0364. The van der Waals surface area contributed by atoms with Gasteiger partial charge in [0.1, 0.15) is 17.4 Å². The first-order chi connectivity index (χ1) is 16.4. The Balaban J connectivity index is 1.64. The molecule has 0 radical (unpaired) electrons. The highest BCUT2D eigenvalue weighted by atomic mass is 35.5. The molecule has 3 aromatic rings. The summed E-state index contributed by atoms with van der Waals surface area (Å²) in [4.78, 5) is 34.5. The molecule has 2 heterocycles. The summed E-state index contributed by atoms with van der Waals surface area (Å²) in [5.41, 5.74) is 1.24. The number of carbonyl (C=O) groups excluding carboxylic acids is 2. The number of imide groups is 1. The van der Waals surface area contributed by atoms with Crippen LogP contribution in [0.5, 0.6) is 11.5 Å². The van der Waals surface area contributed by atoms with Gasteiger partial charge in [-0.15, -0.1) is 0 Å². The van der Waals surface area contributed by atoms with Gasteiger partial charge in [0, 0.05) is 10.6 Å². The zero-order valence-corrected chi connectivity index (χ0v) is 19.5. The third-order valence-corrected chi connectivity index (χ3v) is 6.41. The highest BCUT2D eigenvalue weighted by Crippen LogP contribution is 2.51. The van der Waals surface area contributed by atoms with Crippen LogP contribution in [0.15, 0.2) is 66.7 Å². The van der Waals surface area contributed by atoms with Crippen LogP contribution in [0.4, 0.5) is 11.4 Å². The fraction of sp³-hybridized carbons (Fsp3) is 0.200. The average molecular weight is 499 g/mol. The van der Waals surface area contributed by atoms with Crippen LogP contribution in [0.2, 0.25) is 10.0 Å². The maximum Gasteiger partial charge on any atom is 0.266 e. The number of anilines is 2. The number of ether oxygens (including phenoxy) is 1. The van der Waals surface area contributed by atoms with Crippen LogP contribution in [-0.2, 0) is 14.4 Å². The van der Waals surface area contributed by atoms with Gasteiger partial charge in [0.2, 0.25) is 5.91 Å². The van der Waals surface area contributed by atoms with E-state index in [1.54, 1.807) is 36.4 Å². The summed E-state index contributed by atoms with van der Waals surface area (Å²) in [6.07, 6.45) is -1.11. The Kier molecular flexibility index (Phi) is 5.85. The van der Waals surface area contributed by atoms with Gasteiger partial charge in [-0.25, -0.2) is 9.96 Å². The molecule has 2 aliphatic heterocycles. The lowest BCUT2D eigenvalue weighted by atomic mass is 9.90. The average Bonchev–Trinajstić information content (AvgIpc) is 3.33. The number of carbonyl (C=O) groups is 2. The molecule has 5 rings (SSSR count). The van der Waals surface area contributed by atoms with Gasteiger partial charge >= 0.3 is 0 Å². The number of benzene rings is 3. The van der Waals surface area contributed by atoms with Crippen LogP contribution in [-0.4, -0.2) is 29.6 Å². The molecular weight excluding hydrogens is 479 g/mol. The standard InChI is InChI=1S/C25H20Cl2N2O5/c1-2-33-19-11-7-6-10-18(19)28-24(31)20-21(16-12-14(26)13-17(27)22(16)30)29(34-23(20)25(28)32)15-8-4-3-5-9-15/h3-13,20-21,23,30H,2H2,1H3/t20-,21-,23+/m1/s1. The van der Waals surface area contributed by atoms with Crippen molar-refractivity contribution < 1.29 is 24.3 Å². The van der Waals surface area contributed by atoms with Gasteiger partial charge in [-0.05, 0) is 43.3 Å². The van der Waals surface area contributed by atoms with E-state index in [-0.39, 0.29) is 21.4 Å². The molecule has 9 heteroatoms. The van der Waals surface area contributed by atoms with Crippen molar-refractivity contribution in [1.29, 1.82) is 0 Å². The van der Waals surface area contributed by atoms with E-state index < -0.39 is 29.9 Å². The molecule has 0 bridgehead atoms. The third-order valence-electron chi connectivity index (χ3n) is 5.91. The van der Waals surface area contributed by atoms with E-state index in [2.05, 4.69) is 0 Å². The Morgan fingerprint density at radius 1 is 1.00 bits per heavy atom. The maximum absolute atomic E-state index is 13.8. The summed E-state index contributed by atoms with van der Waals surface area (Å²) in [6, 6.07) is 18.0. The molecule has 3 atom stereocenters. The zero-order chi connectivity index (χ0) is 24.0. The first-order valence-electron chi connectivity index (χ1n) is 10.7. The molecule has 2 amide bonds. The molecule has 174 valence electrons. The Morgan fingerprint density at radius 2 is 1.71 bits per heavy atom. The Bertz CT molecular complexity index is 1270. The van der Waals surface area contributed by atoms with E-state index in [0.29, 0.717) is 23.7 Å². The number of para-hydroxylation sites is 3. The van der Waals surface area contributed by atoms with Crippen LogP contribution in [0.3, 0.4) is 0 Å². The Hall–Kier alpha value is -3.26. The van der Waals surface area contributed by atoms with Gasteiger partial charge in [0.25, 0.3) is 5.91 Å². The molecule has 0 saturated carbocycles. The first-order valence-corrected chi connectivity index (χ1v) is 11.5. The summed E-state index contributed by atoms with van der Waals surface area (Å²) in [6.45, 7) is 2.19. The number of halogens is 2. The van der Waals surface area contributed by atoms with Crippen molar-refractivity contribution in [1.82, 2.24) is 0 Å². The van der Waals surface area contributed by atoms with Gasteiger partial charge in [0.05, 0.1) is 29.0 Å². The van der Waals surface area contributed by atoms with Crippen molar-refractivity contribution >= 4 is 46.4 Å². The van der Waals surface area contributed by atoms with Gasteiger partial charge < -0.3 is 9.84 Å². The van der Waals surface area contributed by atoms with E-state index in [4.69, 9.17) is 32.8 Å². The van der Waals surface area contributed by atoms with E-state index in [9.17, 15) is 14.7 Å². The molecular formula is C25H20Cl2N2O5. The number of fused-ring (bicyclic) bond motifs is 1. The number of amides is 2. The second-order valence-electron chi connectivity index (χ2n) is 7.90. The van der Waals surface area contributed by atoms with Crippen molar-refractivity contribution in [3.8, 4) is 11.5 Å². The van der Waals surface area contributed by atoms with Crippen molar-refractivity contribution in [2.75, 3.05) is 16.6 Å². The minimum Gasteiger partial charge on any atom is -0.506 e. The molecule has 0 unspecified atom stereocenters. The number of aromatic hydroxyl groups is 1. The fourth-order valence-electron chi connectivity index (χ4n) is 4.50. The predicted octanol–water partition coefficient (Wildman–Crippen LogP) is 5.15. The third kappa shape index (κ3) is 3.57. The molecule has 0 aromatic heterocycles. The minimum atomic E-state index is -1.11. The van der Waals surface area contributed by atoms with E-state index in [1.807, 2.05) is 25.1 Å². The number of phenolic OH excluding ortho intramolecular Hbond substituents is 1. The van der Waals surface area contributed by atoms with Crippen LogP contribution in [0, 0.1) is 5.92 Å². The SMILES string of the molecule is CCOc1ccccc1N1C(=O)[C@H]2[C@H](ON(c3ccccc3)[C@@H]2c2cc(Cl)cc(Cl)c2O)C1=O. The summed E-state index contributed by atoms with van der Waals surface area (Å²) < 4.78 is 5.65. The van der Waals surface area contributed by atoms with E-state index in [1.165, 1.54) is 17.2 Å². The van der Waals surface area contributed by atoms with Gasteiger partial charge in [-0.2, -0.15) is 0 Å². The second kappa shape index (κ2) is 8.83. The number of phenols is 1. The quantitative estimate of drug-likeness (QED) is 0.490. The highest BCUT2D eigenvalue weighted by molar-refractivity contribution is 6.35. The smallest absolute Gasteiger partial charge is 0.266 e. The zero-order valence-electron chi connectivity index (χ0n) is 18.0. The van der Waals surface area contributed by atoms with Crippen LogP contribution >= 0.6 is 23.2 Å². The molecule has 7 nitrogen and oxygen atoms in total. The van der Waals surface area contributed by atoms with Crippen LogP contribution < -0.4 is 14.7 Å². The summed E-state index contributed by atoms with van der Waals surface area (Å²) >= 11 is 12.5. The van der Waals surface area contributed by atoms with Gasteiger partial charge in [0.15, 0.2) is 6.10 Å². The van der Waals surface area contributed by atoms with Gasteiger partial charge in [-0.3, -0.25) is 14.4 Å². The van der Waals surface area contributed by atoms with Crippen LogP contribution in [0.25, 0.3) is 0 Å². The summed E-state index contributed by atoms with van der Waals surface area (Å²) in [7, 11) is 0. The molecule has 0 spiro atoms. The highest BCUT2D eigenvalue weighted by Gasteiger charge is 2.61. The molecule has 34 heavy (non-hydrogen) atoms. The molecule has 2 fully saturated rings. The lowest BCUT2D eigenvalue weighted by Gasteiger charge is -2.29. The van der Waals surface area contributed by atoms with Crippen molar-refractivity contribution in [2.24, 2.45) is 5.92 Å². The summed E-state index contributed by atoms with van der Waals surface area (Å²) in [5.74, 6) is -1.76. The molecule has 2 saturated heterocycles. The topological polar surface area (TPSA) is 79.3 Å². The fourth-order valence-corrected chi connectivity index (χ4v) is 5.01. The molecule has 0 aliphatic carbocycles. The Labute approximate surface area is 206 Å². The number of hydroxylamine groups is 1. The summed E-state index contributed by atoms with van der Waals surface area (Å²) in [5, 5.41) is 12.6. The van der Waals surface area contributed by atoms with Crippen molar-refractivity contribution in [2.45, 2.75) is 19.1 Å². The largest absolute Gasteiger partial charge is 0.506 e. The second-order valence-corrected chi connectivity index (χ2v) is 8.74. The number of nitrogens with zero attached hydrogens (tertiary/aromatic N) is 2. The number of hydrogen-bond acceptors (Lipinski definition) is 6. The van der Waals surface area contributed by atoms with E-state index >= 15 is 0 Å². The van der Waals surface area contributed by atoms with Crippen LogP contribution in [0.1, 0.15) is 18.5 Å². The molecule has 3 aromatic carbocycles. The maximum atomic E-state index is 13.8. The first kappa shape index (κ1) is 22.5. The molecule has 1 N–H and O–H groups in total. The number of hydrogen-bond donors (Lipinski definition) is 1. The lowest BCUT2D eigenvalue weighted by molar-refractivity contribution is -0.126. The lowest BCUT2D eigenvalue weighted by Crippen LogP contribution is -2.37. The van der Waals surface area contributed by atoms with Crippen molar-refractivity contribution in [3.05, 3.63) is 82.3 Å². The normalized spacial score (nSPS) is 21.8. The molecule has 2 aliphatic rings. The van der Waals surface area contributed by atoms with E-state index in [0.717, 1.165) is 4.90 Å².